The van der Waals surface area contributed by atoms with E-state index in [-0.39, 0.29) is 6.04 Å². The molecule has 1 rings (SSSR count). The fourth-order valence-corrected chi connectivity index (χ4v) is 1.17. The van der Waals surface area contributed by atoms with Crippen LogP contribution in [0.1, 0.15) is 31.0 Å². The first-order valence-corrected chi connectivity index (χ1v) is 4.50. The molecule has 0 spiro atoms. The van der Waals surface area contributed by atoms with Gasteiger partial charge in [0.05, 0.1) is 0 Å². The van der Waals surface area contributed by atoms with Gasteiger partial charge in [0.25, 0.3) is 0 Å². The molecule has 0 radical (unpaired) electrons. The predicted octanol–water partition coefficient (Wildman–Crippen LogP) is 1.63. The van der Waals surface area contributed by atoms with Crippen LogP contribution < -0.4 is 11.5 Å². The van der Waals surface area contributed by atoms with Crippen molar-refractivity contribution in [2.24, 2.45) is 11.7 Å². The van der Waals surface area contributed by atoms with Gasteiger partial charge in [0.2, 0.25) is 0 Å². The summed E-state index contributed by atoms with van der Waals surface area (Å²) >= 11 is 0. The highest BCUT2D eigenvalue weighted by Gasteiger charge is 2.11. The van der Waals surface area contributed by atoms with Crippen molar-refractivity contribution < 1.29 is 0 Å². The fourth-order valence-electron chi connectivity index (χ4n) is 1.17. The van der Waals surface area contributed by atoms with Crippen molar-refractivity contribution in [2.45, 2.75) is 26.8 Å². The molecule has 1 heterocycles. The molecule has 0 aromatic carbocycles. The molecular formula is C10H17N3. The molecular weight excluding hydrogens is 162 g/mol. The third-order valence-corrected chi connectivity index (χ3v) is 2.24. The Morgan fingerprint density at radius 1 is 1.38 bits per heavy atom. The molecule has 0 unspecified atom stereocenters. The summed E-state index contributed by atoms with van der Waals surface area (Å²) in [5.41, 5.74) is 13.6. The van der Waals surface area contributed by atoms with Crippen LogP contribution in [0.2, 0.25) is 0 Å². The van der Waals surface area contributed by atoms with E-state index >= 15 is 0 Å². The van der Waals surface area contributed by atoms with Gasteiger partial charge in [-0.05, 0) is 30.0 Å². The zero-order valence-corrected chi connectivity index (χ0v) is 8.41. The Labute approximate surface area is 79.2 Å². The summed E-state index contributed by atoms with van der Waals surface area (Å²) in [6, 6.07) is 2.05. The molecule has 0 saturated carbocycles. The van der Waals surface area contributed by atoms with Crippen molar-refractivity contribution in [3.05, 3.63) is 23.4 Å². The summed E-state index contributed by atoms with van der Waals surface area (Å²) in [4.78, 5) is 4.08. The van der Waals surface area contributed by atoms with E-state index in [0.29, 0.717) is 11.7 Å². The summed E-state index contributed by atoms with van der Waals surface area (Å²) in [6.45, 7) is 6.13. The lowest BCUT2D eigenvalue weighted by atomic mass is 9.97. The normalized spacial score (nSPS) is 13.3. The number of nitrogens with two attached hydrogens (primary N) is 2. The second-order valence-corrected chi connectivity index (χ2v) is 3.74. The third kappa shape index (κ3) is 2.18. The lowest BCUT2D eigenvalue weighted by Crippen LogP contribution is -2.17. The molecule has 1 atom stereocenters. The maximum absolute atomic E-state index is 5.98. The molecule has 0 aliphatic heterocycles. The van der Waals surface area contributed by atoms with Crippen molar-refractivity contribution in [1.82, 2.24) is 4.98 Å². The van der Waals surface area contributed by atoms with Crippen molar-refractivity contribution >= 4 is 5.82 Å². The largest absolute Gasteiger partial charge is 0.383 e. The first-order valence-electron chi connectivity index (χ1n) is 4.50. The summed E-state index contributed by atoms with van der Waals surface area (Å²) in [7, 11) is 0. The molecule has 1 aromatic rings. The van der Waals surface area contributed by atoms with Crippen molar-refractivity contribution in [3.63, 3.8) is 0 Å². The first-order chi connectivity index (χ1) is 6.02. The van der Waals surface area contributed by atoms with Crippen LogP contribution in [0.5, 0.6) is 0 Å². The Morgan fingerprint density at radius 3 is 2.46 bits per heavy atom. The van der Waals surface area contributed by atoms with Gasteiger partial charge in [-0.25, -0.2) is 4.98 Å². The Bertz CT molecular complexity index is 294. The average Bonchev–Trinajstić information content (AvgIpc) is 2.08. The van der Waals surface area contributed by atoms with Gasteiger partial charge in [-0.1, -0.05) is 13.8 Å². The maximum atomic E-state index is 5.98. The van der Waals surface area contributed by atoms with Gasteiger partial charge in [-0.2, -0.15) is 0 Å². The van der Waals surface area contributed by atoms with Gasteiger partial charge < -0.3 is 11.5 Å². The second kappa shape index (κ2) is 3.75. The first kappa shape index (κ1) is 9.99. The van der Waals surface area contributed by atoms with E-state index in [4.69, 9.17) is 11.5 Å². The molecule has 0 saturated heterocycles. The van der Waals surface area contributed by atoms with E-state index in [1.54, 1.807) is 6.20 Å². The van der Waals surface area contributed by atoms with Gasteiger partial charge in [0.15, 0.2) is 0 Å². The Morgan fingerprint density at radius 2 is 2.00 bits per heavy atom. The SMILES string of the molecule is Cc1cc([C@H](N)C(C)C)cnc1N. The Hall–Kier alpha value is -1.09. The minimum absolute atomic E-state index is 0.0480. The third-order valence-electron chi connectivity index (χ3n) is 2.24. The van der Waals surface area contributed by atoms with Crippen LogP contribution in [-0.4, -0.2) is 4.98 Å². The minimum atomic E-state index is 0.0480. The fraction of sp³-hybridized carbons (Fsp3) is 0.500. The number of nitrogens with zero attached hydrogens (tertiary/aromatic N) is 1. The van der Waals surface area contributed by atoms with E-state index in [1.807, 2.05) is 13.0 Å². The summed E-state index contributed by atoms with van der Waals surface area (Å²) < 4.78 is 0. The van der Waals surface area contributed by atoms with Crippen molar-refractivity contribution in [3.8, 4) is 0 Å². The molecule has 0 aliphatic carbocycles. The Balaban J connectivity index is 2.97. The highest BCUT2D eigenvalue weighted by molar-refractivity contribution is 5.40. The van der Waals surface area contributed by atoms with E-state index in [2.05, 4.69) is 18.8 Å². The summed E-state index contributed by atoms with van der Waals surface area (Å²) in [6.07, 6.45) is 1.76. The standard InChI is InChI=1S/C10H17N3/c1-6(2)9(11)8-4-7(3)10(12)13-5-8/h4-6,9H,11H2,1-3H3,(H2,12,13)/t9-/m1/s1. The number of aromatic nitrogens is 1. The van der Waals surface area contributed by atoms with Gasteiger partial charge >= 0.3 is 0 Å². The van der Waals surface area contributed by atoms with Gasteiger partial charge in [0.1, 0.15) is 5.82 Å². The van der Waals surface area contributed by atoms with Crippen LogP contribution in [0.25, 0.3) is 0 Å². The van der Waals surface area contributed by atoms with Crippen LogP contribution >= 0.6 is 0 Å². The zero-order chi connectivity index (χ0) is 10.0. The molecule has 4 N–H and O–H groups in total. The van der Waals surface area contributed by atoms with Crippen LogP contribution in [0, 0.1) is 12.8 Å². The molecule has 3 nitrogen and oxygen atoms in total. The molecule has 0 fully saturated rings. The molecule has 0 aliphatic rings. The quantitative estimate of drug-likeness (QED) is 0.725. The number of pyridine rings is 1. The highest BCUT2D eigenvalue weighted by atomic mass is 14.8. The number of anilines is 1. The van der Waals surface area contributed by atoms with E-state index < -0.39 is 0 Å². The number of nitrogen functional groups attached to an aromatic ring is 1. The molecule has 3 heteroatoms. The van der Waals surface area contributed by atoms with Gasteiger partial charge in [-0.15, -0.1) is 0 Å². The van der Waals surface area contributed by atoms with E-state index in [0.717, 1.165) is 11.1 Å². The monoisotopic (exact) mass is 179 g/mol. The van der Waals surface area contributed by atoms with Gasteiger partial charge in [-0.3, -0.25) is 0 Å². The van der Waals surface area contributed by atoms with Crippen LogP contribution in [0.4, 0.5) is 5.82 Å². The van der Waals surface area contributed by atoms with Crippen LogP contribution in [0.15, 0.2) is 12.3 Å². The second-order valence-electron chi connectivity index (χ2n) is 3.74. The molecule has 1 aromatic heterocycles. The predicted molar refractivity (Wildman–Crippen MR) is 55.2 cm³/mol. The van der Waals surface area contributed by atoms with Crippen molar-refractivity contribution in [1.29, 1.82) is 0 Å². The zero-order valence-electron chi connectivity index (χ0n) is 8.41. The van der Waals surface area contributed by atoms with E-state index in [9.17, 15) is 0 Å². The molecule has 0 amide bonds. The Kier molecular flexibility index (Phi) is 2.88. The summed E-state index contributed by atoms with van der Waals surface area (Å²) in [5, 5.41) is 0. The molecule has 0 bridgehead atoms. The summed E-state index contributed by atoms with van der Waals surface area (Å²) in [5.74, 6) is 1.00. The number of hydrogen-bond donors (Lipinski definition) is 2. The van der Waals surface area contributed by atoms with Crippen molar-refractivity contribution in [2.75, 3.05) is 5.73 Å². The maximum Gasteiger partial charge on any atom is 0.126 e. The lowest BCUT2D eigenvalue weighted by molar-refractivity contribution is 0.513. The van der Waals surface area contributed by atoms with E-state index in [1.165, 1.54) is 0 Å². The van der Waals surface area contributed by atoms with Crippen LogP contribution in [-0.2, 0) is 0 Å². The van der Waals surface area contributed by atoms with Gasteiger partial charge in [0, 0.05) is 12.2 Å². The minimum Gasteiger partial charge on any atom is -0.383 e. The number of rotatable bonds is 2. The average molecular weight is 179 g/mol. The topological polar surface area (TPSA) is 64.9 Å². The molecule has 13 heavy (non-hydrogen) atoms. The smallest absolute Gasteiger partial charge is 0.126 e. The van der Waals surface area contributed by atoms with Crippen LogP contribution in [0.3, 0.4) is 0 Å². The number of aryl methyl sites for hydroxylation is 1. The highest BCUT2D eigenvalue weighted by Crippen LogP contribution is 2.20. The number of hydrogen-bond acceptors (Lipinski definition) is 3. The lowest BCUT2D eigenvalue weighted by Gasteiger charge is -2.16. The molecule has 72 valence electrons.